The maximum atomic E-state index is 13.5. The van der Waals surface area contributed by atoms with Crippen LogP contribution >= 0.6 is 0 Å². The van der Waals surface area contributed by atoms with Gasteiger partial charge in [-0.3, -0.25) is 4.79 Å². The van der Waals surface area contributed by atoms with Crippen molar-refractivity contribution in [2.45, 2.75) is 61.8 Å². The molecule has 1 saturated heterocycles. The van der Waals surface area contributed by atoms with Crippen molar-refractivity contribution < 1.29 is 22.7 Å². The summed E-state index contributed by atoms with van der Waals surface area (Å²) in [6.07, 6.45) is 5.13. The number of rotatable bonds is 10. The number of ketones is 1. The largest absolute Gasteiger partial charge is 0.454 e. The molecular weight excluding hydrogens is 524 g/mol. The average molecular weight is 561 g/mol. The SMILES string of the molecule is Cc1ccc(CC(=O)C2(c3ccc4c(c3)OCO4)CC2)cc1-c1ccc(S(=O)(=O)NCCC2CCCN2C)cc1. The number of nitrogens with zero attached hydrogens (tertiary/aromatic N) is 1. The van der Waals surface area contributed by atoms with Gasteiger partial charge in [-0.2, -0.15) is 0 Å². The van der Waals surface area contributed by atoms with Crippen molar-refractivity contribution in [3.05, 3.63) is 77.4 Å². The Labute approximate surface area is 236 Å². The van der Waals surface area contributed by atoms with Crippen LogP contribution in [0.5, 0.6) is 11.5 Å². The highest BCUT2D eigenvalue weighted by molar-refractivity contribution is 7.89. The maximum absolute atomic E-state index is 13.5. The summed E-state index contributed by atoms with van der Waals surface area (Å²) in [6.45, 7) is 3.76. The second kappa shape index (κ2) is 10.7. The van der Waals surface area contributed by atoms with Crippen LogP contribution in [0.3, 0.4) is 0 Å². The molecule has 1 saturated carbocycles. The molecular formula is C32H36N2O5S. The zero-order valence-electron chi connectivity index (χ0n) is 23.1. The molecule has 0 spiro atoms. The van der Waals surface area contributed by atoms with Crippen LogP contribution in [0, 0.1) is 6.92 Å². The number of nitrogens with one attached hydrogen (secondary N) is 1. The normalized spacial score (nSPS) is 19.6. The Bertz CT molecular complexity index is 1530. The van der Waals surface area contributed by atoms with Gasteiger partial charge in [0.15, 0.2) is 11.5 Å². The molecule has 1 N–H and O–H groups in total. The number of Topliss-reactive ketones (excluding diaryl/α,β-unsaturated/α-hetero) is 1. The molecule has 3 aromatic carbocycles. The summed E-state index contributed by atoms with van der Waals surface area (Å²) in [5.41, 5.74) is 4.49. The molecule has 0 amide bonds. The lowest BCUT2D eigenvalue weighted by molar-refractivity contribution is -0.120. The van der Waals surface area contributed by atoms with Gasteiger partial charge in [0.25, 0.3) is 0 Å². The Morgan fingerprint density at radius 2 is 1.80 bits per heavy atom. The molecule has 0 bridgehead atoms. The highest BCUT2D eigenvalue weighted by Gasteiger charge is 2.50. The van der Waals surface area contributed by atoms with E-state index in [1.807, 2.05) is 49.4 Å². The second-order valence-corrected chi connectivity index (χ2v) is 13.2. The fourth-order valence-corrected chi connectivity index (χ4v) is 7.14. The maximum Gasteiger partial charge on any atom is 0.240 e. The van der Waals surface area contributed by atoms with E-state index in [9.17, 15) is 13.2 Å². The molecule has 0 radical (unpaired) electrons. The lowest BCUT2D eigenvalue weighted by atomic mass is 9.87. The minimum absolute atomic E-state index is 0.206. The Morgan fingerprint density at radius 1 is 1.02 bits per heavy atom. The molecule has 3 aliphatic rings. The van der Waals surface area contributed by atoms with E-state index in [1.54, 1.807) is 12.1 Å². The van der Waals surface area contributed by atoms with Crippen LogP contribution in [0.1, 0.15) is 48.8 Å². The van der Waals surface area contributed by atoms with Crippen molar-refractivity contribution in [1.82, 2.24) is 9.62 Å². The minimum Gasteiger partial charge on any atom is -0.454 e. The molecule has 1 aliphatic carbocycles. The molecule has 1 unspecified atom stereocenters. The summed E-state index contributed by atoms with van der Waals surface area (Å²) in [6, 6.07) is 19.4. The summed E-state index contributed by atoms with van der Waals surface area (Å²) in [4.78, 5) is 16.1. The van der Waals surface area contributed by atoms with Gasteiger partial charge in [-0.15, -0.1) is 0 Å². The number of ether oxygens (including phenoxy) is 2. The topological polar surface area (TPSA) is 84.9 Å². The molecule has 2 heterocycles. The van der Waals surface area contributed by atoms with E-state index < -0.39 is 15.4 Å². The Balaban J connectivity index is 1.14. The third kappa shape index (κ3) is 5.28. The third-order valence-electron chi connectivity index (χ3n) is 8.79. The van der Waals surface area contributed by atoms with E-state index in [1.165, 1.54) is 6.42 Å². The van der Waals surface area contributed by atoms with Crippen LogP contribution in [0.4, 0.5) is 0 Å². The summed E-state index contributed by atoms with van der Waals surface area (Å²) in [5.74, 6) is 1.63. The van der Waals surface area contributed by atoms with Crippen molar-refractivity contribution in [2.24, 2.45) is 0 Å². The number of benzene rings is 3. The predicted octanol–water partition coefficient (Wildman–Crippen LogP) is 5.00. The van der Waals surface area contributed by atoms with E-state index in [4.69, 9.17) is 9.47 Å². The summed E-state index contributed by atoms with van der Waals surface area (Å²) >= 11 is 0. The second-order valence-electron chi connectivity index (χ2n) is 11.4. The first-order valence-electron chi connectivity index (χ1n) is 14.1. The molecule has 1 atom stereocenters. The van der Waals surface area contributed by atoms with Crippen molar-refractivity contribution in [3.8, 4) is 22.6 Å². The molecule has 0 aromatic heterocycles. The van der Waals surface area contributed by atoms with Gasteiger partial charge in [0, 0.05) is 19.0 Å². The Kier molecular flexibility index (Phi) is 7.19. The average Bonchev–Trinajstić information content (AvgIpc) is 3.46. The van der Waals surface area contributed by atoms with Crippen LogP contribution in [-0.4, -0.2) is 52.1 Å². The number of carbonyl (C=O) groups is 1. The van der Waals surface area contributed by atoms with Gasteiger partial charge in [0.1, 0.15) is 5.78 Å². The van der Waals surface area contributed by atoms with Gasteiger partial charge in [0.2, 0.25) is 16.8 Å². The molecule has 2 aliphatic heterocycles. The van der Waals surface area contributed by atoms with Crippen LogP contribution < -0.4 is 14.2 Å². The van der Waals surface area contributed by atoms with Crippen molar-refractivity contribution >= 4 is 15.8 Å². The van der Waals surface area contributed by atoms with Crippen molar-refractivity contribution in [1.29, 1.82) is 0 Å². The van der Waals surface area contributed by atoms with Crippen LogP contribution in [0.15, 0.2) is 65.6 Å². The lowest BCUT2D eigenvalue weighted by Crippen LogP contribution is -2.31. The third-order valence-corrected chi connectivity index (χ3v) is 10.3. The van der Waals surface area contributed by atoms with Crippen LogP contribution in [-0.2, 0) is 26.7 Å². The molecule has 6 rings (SSSR count). The smallest absolute Gasteiger partial charge is 0.240 e. The Morgan fingerprint density at radius 3 is 2.52 bits per heavy atom. The summed E-state index contributed by atoms with van der Waals surface area (Å²) < 4.78 is 39.5. The van der Waals surface area contributed by atoms with Crippen LogP contribution in [0.2, 0.25) is 0 Å². The molecule has 3 aromatic rings. The number of fused-ring (bicyclic) bond motifs is 1. The monoisotopic (exact) mass is 560 g/mol. The predicted molar refractivity (Wildman–Crippen MR) is 154 cm³/mol. The van der Waals surface area contributed by atoms with Gasteiger partial charge < -0.3 is 14.4 Å². The molecule has 8 heteroatoms. The fraction of sp³-hybridized carbons (Fsp3) is 0.406. The van der Waals surface area contributed by atoms with Gasteiger partial charge >= 0.3 is 0 Å². The number of carbonyl (C=O) groups excluding carboxylic acids is 1. The number of hydrogen-bond acceptors (Lipinski definition) is 6. The standard InChI is InChI=1S/C32H36N2O5S/c1-22-5-6-23(19-31(35)32(14-15-32)25-9-12-29-30(20-25)39-21-38-29)18-28(22)24-7-10-27(11-8-24)40(36,37)33-16-13-26-4-3-17-34(26)2/h5-12,18,20,26,33H,3-4,13-17,19,21H2,1-2H3. The van der Waals surface area contributed by atoms with Gasteiger partial charge in [-0.1, -0.05) is 36.4 Å². The van der Waals surface area contributed by atoms with Gasteiger partial charge in [-0.05, 0) is 105 Å². The zero-order valence-corrected chi connectivity index (χ0v) is 23.9. The van der Waals surface area contributed by atoms with Crippen molar-refractivity contribution in [2.75, 3.05) is 26.9 Å². The number of likely N-dealkylation sites (tertiary alicyclic amines) is 1. The van der Waals surface area contributed by atoms with Gasteiger partial charge in [-0.25, -0.2) is 13.1 Å². The quantitative estimate of drug-likeness (QED) is 0.376. The lowest BCUT2D eigenvalue weighted by Gasteiger charge is -2.19. The zero-order chi connectivity index (χ0) is 27.9. The van der Waals surface area contributed by atoms with E-state index >= 15 is 0 Å². The molecule has 7 nitrogen and oxygen atoms in total. The van der Waals surface area contributed by atoms with E-state index in [-0.39, 0.29) is 17.5 Å². The molecule has 2 fully saturated rings. The summed E-state index contributed by atoms with van der Waals surface area (Å²) in [7, 11) is -1.47. The van der Waals surface area contributed by atoms with Crippen molar-refractivity contribution in [3.63, 3.8) is 0 Å². The highest BCUT2D eigenvalue weighted by Crippen LogP contribution is 2.51. The summed E-state index contributed by atoms with van der Waals surface area (Å²) in [5, 5.41) is 0. The first kappa shape index (κ1) is 27.0. The molecule has 210 valence electrons. The fourth-order valence-electron chi connectivity index (χ4n) is 6.09. The molecule has 40 heavy (non-hydrogen) atoms. The van der Waals surface area contributed by atoms with Gasteiger partial charge in [0.05, 0.1) is 10.3 Å². The van der Waals surface area contributed by atoms with Crippen LogP contribution in [0.25, 0.3) is 11.1 Å². The van der Waals surface area contributed by atoms with E-state index in [2.05, 4.69) is 22.7 Å². The van der Waals surface area contributed by atoms with E-state index in [0.29, 0.717) is 24.8 Å². The number of aryl methyl sites for hydroxylation is 1. The van der Waals surface area contributed by atoms with E-state index in [0.717, 1.165) is 65.8 Å². The minimum atomic E-state index is -3.57. The first-order valence-corrected chi connectivity index (χ1v) is 15.6. The first-order chi connectivity index (χ1) is 19.2. The number of sulfonamides is 1. The number of hydrogen-bond donors (Lipinski definition) is 1. The highest BCUT2D eigenvalue weighted by atomic mass is 32.2. The Hall–Kier alpha value is -3.20.